The van der Waals surface area contributed by atoms with Crippen LogP contribution in [-0.2, 0) is 0 Å². The number of nitrogens with two attached hydrogens (primary N) is 1. The van der Waals surface area contributed by atoms with E-state index in [0.717, 1.165) is 21.8 Å². The quantitative estimate of drug-likeness (QED) is 0.580. The molecule has 1 aliphatic heterocycles. The second-order valence-corrected chi connectivity index (χ2v) is 7.10. The predicted molar refractivity (Wildman–Crippen MR) is 112 cm³/mol. The zero-order valence-electron chi connectivity index (χ0n) is 16.3. The van der Waals surface area contributed by atoms with Crippen LogP contribution < -0.4 is 21.9 Å². The van der Waals surface area contributed by atoms with Gasteiger partial charge in [-0.25, -0.2) is 0 Å². The lowest BCUT2D eigenvalue weighted by atomic mass is 10.1. The Labute approximate surface area is 171 Å². The van der Waals surface area contributed by atoms with Gasteiger partial charge in [0.2, 0.25) is 0 Å². The van der Waals surface area contributed by atoms with Crippen LogP contribution in [0.15, 0.2) is 53.3 Å². The fraction of sp³-hybridized carbons (Fsp3) is 0.0909. The Morgan fingerprint density at radius 3 is 2.50 bits per heavy atom. The van der Waals surface area contributed by atoms with Crippen LogP contribution in [0.25, 0.3) is 5.69 Å². The minimum absolute atomic E-state index is 0.0366. The summed E-state index contributed by atoms with van der Waals surface area (Å²) in [4.78, 5) is 49.2. The summed E-state index contributed by atoms with van der Waals surface area (Å²) in [5.74, 6) is -1.74. The maximum Gasteiger partial charge on any atom is 0.262 e. The van der Waals surface area contributed by atoms with E-state index in [1.807, 2.05) is 19.9 Å². The smallest absolute Gasteiger partial charge is 0.262 e. The molecule has 8 nitrogen and oxygen atoms in total. The molecule has 3 aromatic rings. The number of amides is 3. The van der Waals surface area contributed by atoms with Gasteiger partial charge in [-0.05, 0) is 43.7 Å². The molecule has 4 N–H and O–H groups in total. The van der Waals surface area contributed by atoms with Crippen molar-refractivity contribution in [3.8, 4) is 5.69 Å². The van der Waals surface area contributed by atoms with Crippen LogP contribution in [-0.4, -0.2) is 22.3 Å². The van der Waals surface area contributed by atoms with E-state index in [1.165, 1.54) is 0 Å². The van der Waals surface area contributed by atoms with Gasteiger partial charge in [0.05, 0.1) is 16.8 Å². The first-order chi connectivity index (χ1) is 14.3. The lowest BCUT2D eigenvalue weighted by molar-refractivity contribution is 0.0879. The summed E-state index contributed by atoms with van der Waals surface area (Å²) in [6.45, 7) is 3.71. The number of anilines is 2. The second kappa shape index (κ2) is 7.00. The van der Waals surface area contributed by atoms with Crippen molar-refractivity contribution in [2.24, 2.45) is 0 Å². The van der Waals surface area contributed by atoms with E-state index < -0.39 is 17.4 Å². The van der Waals surface area contributed by atoms with Crippen LogP contribution in [0, 0.1) is 13.8 Å². The molecule has 1 aliphatic rings. The molecule has 0 fully saturated rings. The average Bonchev–Trinajstić information content (AvgIpc) is 2.97. The number of aryl methyl sites for hydroxylation is 2. The molecule has 30 heavy (non-hydrogen) atoms. The van der Waals surface area contributed by atoms with Gasteiger partial charge in [-0.15, -0.1) is 0 Å². The van der Waals surface area contributed by atoms with Crippen molar-refractivity contribution in [1.29, 1.82) is 0 Å². The average molecular weight is 402 g/mol. The molecule has 2 heterocycles. The number of carbonyl (C=O) groups excluding carboxylic acids is 3. The number of nitrogens with zero attached hydrogens (tertiary/aromatic N) is 1. The summed E-state index contributed by atoms with van der Waals surface area (Å²) in [5.41, 5.74) is 8.53. The molecule has 4 rings (SSSR count). The highest BCUT2D eigenvalue weighted by atomic mass is 16.2. The first-order valence-corrected chi connectivity index (χ1v) is 9.16. The van der Waals surface area contributed by atoms with E-state index >= 15 is 0 Å². The third-order valence-electron chi connectivity index (χ3n) is 4.96. The molecule has 0 atom stereocenters. The van der Waals surface area contributed by atoms with Gasteiger partial charge < -0.3 is 11.1 Å². The highest BCUT2D eigenvalue weighted by Crippen LogP contribution is 2.25. The standard InChI is InChI=1S/C22H18N4O4/c1-11-4-3-5-13(8-11)20(28)24-16-9-14(7-6-12(16)2)26-17(27)10-15-18(19(26)23)22(30)25-21(15)29/h3-10H,23H2,1-2H3,(H,24,28)(H,25,29,30). The van der Waals surface area contributed by atoms with Gasteiger partial charge in [-0.2, -0.15) is 0 Å². The normalized spacial score (nSPS) is 12.5. The first kappa shape index (κ1) is 19.1. The zero-order valence-corrected chi connectivity index (χ0v) is 16.3. The minimum atomic E-state index is -0.652. The predicted octanol–water partition coefficient (Wildman–Crippen LogP) is 2.17. The van der Waals surface area contributed by atoms with Crippen molar-refractivity contribution < 1.29 is 14.4 Å². The van der Waals surface area contributed by atoms with Gasteiger partial charge in [-0.1, -0.05) is 23.8 Å². The fourth-order valence-electron chi connectivity index (χ4n) is 3.41. The largest absolute Gasteiger partial charge is 0.384 e. The monoisotopic (exact) mass is 402 g/mol. The topological polar surface area (TPSA) is 123 Å². The van der Waals surface area contributed by atoms with Crippen LogP contribution in [0.4, 0.5) is 11.5 Å². The Balaban J connectivity index is 1.77. The number of fused-ring (bicyclic) bond motifs is 1. The van der Waals surface area contributed by atoms with Gasteiger partial charge in [0.25, 0.3) is 23.3 Å². The van der Waals surface area contributed by atoms with Crippen molar-refractivity contribution in [2.75, 3.05) is 11.1 Å². The van der Waals surface area contributed by atoms with Crippen LogP contribution in [0.3, 0.4) is 0 Å². The van der Waals surface area contributed by atoms with Gasteiger partial charge in [0, 0.05) is 17.3 Å². The highest BCUT2D eigenvalue weighted by Gasteiger charge is 2.31. The Hall–Kier alpha value is -4.20. The van der Waals surface area contributed by atoms with Gasteiger partial charge in [0.1, 0.15) is 5.82 Å². The Morgan fingerprint density at radius 2 is 1.77 bits per heavy atom. The summed E-state index contributed by atoms with van der Waals surface area (Å²) in [7, 11) is 0. The van der Waals surface area contributed by atoms with Crippen molar-refractivity contribution in [3.63, 3.8) is 0 Å². The van der Waals surface area contributed by atoms with E-state index in [-0.39, 0.29) is 22.9 Å². The minimum Gasteiger partial charge on any atom is -0.384 e. The molecule has 8 heteroatoms. The van der Waals surface area contributed by atoms with Crippen LogP contribution >= 0.6 is 0 Å². The number of rotatable bonds is 3. The number of imide groups is 1. The molecule has 0 radical (unpaired) electrons. The number of carbonyl (C=O) groups is 3. The van der Waals surface area contributed by atoms with Gasteiger partial charge >= 0.3 is 0 Å². The summed E-state index contributed by atoms with van der Waals surface area (Å²) >= 11 is 0. The number of pyridine rings is 1. The molecule has 2 aromatic carbocycles. The number of hydrogen-bond donors (Lipinski definition) is 3. The van der Waals surface area contributed by atoms with Crippen LogP contribution in [0.5, 0.6) is 0 Å². The number of nitrogens with one attached hydrogen (secondary N) is 2. The highest BCUT2D eigenvalue weighted by molar-refractivity contribution is 6.23. The Kier molecular flexibility index (Phi) is 4.46. The molecule has 0 spiro atoms. The lowest BCUT2D eigenvalue weighted by Crippen LogP contribution is -2.24. The molecule has 0 aliphatic carbocycles. The van der Waals surface area contributed by atoms with Crippen LogP contribution in [0.1, 0.15) is 42.2 Å². The first-order valence-electron chi connectivity index (χ1n) is 9.16. The van der Waals surface area contributed by atoms with Crippen molar-refractivity contribution in [3.05, 3.63) is 86.7 Å². The molecule has 150 valence electrons. The maximum absolute atomic E-state index is 12.6. The number of nitrogen functional groups attached to an aromatic ring is 1. The number of aromatic nitrogens is 1. The molecule has 0 bridgehead atoms. The summed E-state index contributed by atoms with van der Waals surface area (Å²) < 4.78 is 1.14. The second-order valence-electron chi connectivity index (χ2n) is 7.10. The molecular formula is C22H18N4O4. The SMILES string of the molecule is Cc1cccc(C(=O)Nc2cc(-n3c(N)c4c(cc3=O)C(=O)NC4=O)ccc2C)c1. The molecule has 3 amide bonds. The van der Waals surface area contributed by atoms with Crippen LogP contribution in [0.2, 0.25) is 0 Å². The third-order valence-corrected chi connectivity index (χ3v) is 4.96. The number of benzene rings is 2. The van der Waals surface area contributed by atoms with E-state index in [0.29, 0.717) is 16.9 Å². The van der Waals surface area contributed by atoms with Gasteiger partial charge in [-0.3, -0.25) is 29.1 Å². The van der Waals surface area contributed by atoms with E-state index in [9.17, 15) is 19.2 Å². The molecular weight excluding hydrogens is 384 g/mol. The third kappa shape index (κ3) is 3.14. The summed E-state index contributed by atoms with van der Waals surface area (Å²) in [5, 5.41) is 4.97. The van der Waals surface area contributed by atoms with Crippen molar-refractivity contribution in [1.82, 2.24) is 9.88 Å². The Morgan fingerprint density at radius 1 is 1.00 bits per heavy atom. The van der Waals surface area contributed by atoms with Crippen molar-refractivity contribution in [2.45, 2.75) is 13.8 Å². The van der Waals surface area contributed by atoms with E-state index in [2.05, 4.69) is 10.6 Å². The zero-order chi connectivity index (χ0) is 21.6. The van der Waals surface area contributed by atoms with Crippen molar-refractivity contribution >= 4 is 29.2 Å². The summed E-state index contributed by atoms with van der Waals surface area (Å²) in [6, 6.07) is 13.2. The fourth-order valence-corrected chi connectivity index (χ4v) is 3.41. The molecule has 0 saturated heterocycles. The van der Waals surface area contributed by atoms with Gasteiger partial charge in [0.15, 0.2) is 0 Å². The van der Waals surface area contributed by atoms with E-state index in [4.69, 9.17) is 5.73 Å². The molecule has 1 aromatic heterocycles. The summed E-state index contributed by atoms with van der Waals surface area (Å²) in [6.07, 6.45) is 0. The van der Waals surface area contributed by atoms with E-state index in [1.54, 1.807) is 36.4 Å². The molecule has 0 unspecified atom stereocenters. The lowest BCUT2D eigenvalue weighted by Gasteiger charge is -2.15. The molecule has 0 saturated carbocycles. The Bertz CT molecular complexity index is 1310. The maximum atomic E-state index is 12.6. The number of hydrogen-bond acceptors (Lipinski definition) is 5.